The van der Waals surface area contributed by atoms with Gasteiger partial charge in [0.25, 0.3) is 0 Å². The average Bonchev–Trinajstić information content (AvgIpc) is 3.41. The molecule has 4 heterocycles. The van der Waals surface area contributed by atoms with Gasteiger partial charge in [0.05, 0.1) is 17.4 Å². The van der Waals surface area contributed by atoms with Gasteiger partial charge >= 0.3 is 0 Å². The second kappa shape index (κ2) is 4.74. The summed E-state index contributed by atoms with van der Waals surface area (Å²) in [5.41, 5.74) is 3.56. The van der Waals surface area contributed by atoms with Crippen LogP contribution in [0, 0.1) is 0 Å². The molecule has 1 saturated heterocycles. The number of anilines is 3. The lowest BCUT2D eigenvalue weighted by Crippen LogP contribution is -2.43. The Bertz CT molecular complexity index is 932. The van der Waals surface area contributed by atoms with E-state index < -0.39 is 0 Å². The van der Waals surface area contributed by atoms with Gasteiger partial charge in [-0.25, -0.2) is 5.01 Å². The Balaban J connectivity index is 1.56. The maximum Gasteiger partial charge on any atom is 0.154 e. The number of allylic oxidation sites excluding steroid dienone is 2. The van der Waals surface area contributed by atoms with Crippen LogP contribution in [0.15, 0.2) is 84.1 Å². The predicted octanol–water partition coefficient (Wildman–Crippen LogP) is 2.98. The molecule has 122 valence electrons. The molecule has 4 aliphatic rings. The molecular weight excluding hydrogens is 310 g/mol. The van der Waals surface area contributed by atoms with Crippen molar-refractivity contribution < 1.29 is 0 Å². The fourth-order valence-corrected chi connectivity index (χ4v) is 4.08. The number of hydrogen-bond acceptors (Lipinski definition) is 5. The normalized spacial score (nSPS) is 27.9. The van der Waals surface area contributed by atoms with E-state index in [0.717, 1.165) is 11.5 Å². The zero-order valence-electron chi connectivity index (χ0n) is 13.5. The lowest BCUT2D eigenvalue weighted by molar-refractivity contribution is 0.520. The van der Waals surface area contributed by atoms with Crippen molar-refractivity contribution >= 4 is 22.9 Å². The second-order valence-corrected chi connectivity index (χ2v) is 6.66. The molecular formula is C20H17N5. The summed E-state index contributed by atoms with van der Waals surface area (Å²) in [5, 5.41) is 10.8. The Hall–Kier alpha value is -3.05. The number of fused-ring (bicyclic) bond motifs is 7. The molecule has 25 heavy (non-hydrogen) atoms. The van der Waals surface area contributed by atoms with Gasteiger partial charge in [-0.2, -0.15) is 5.10 Å². The molecule has 2 aromatic rings. The maximum atomic E-state index is 5.01. The minimum atomic E-state index is 0.129. The van der Waals surface area contributed by atoms with Crippen LogP contribution in [0.5, 0.6) is 0 Å². The van der Waals surface area contributed by atoms with Crippen molar-refractivity contribution in [2.24, 2.45) is 5.10 Å². The first-order valence-electron chi connectivity index (χ1n) is 8.62. The zero-order valence-corrected chi connectivity index (χ0v) is 13.5. The Morgan fingerprint density at radius 3 is 2.56 bits per heavy atom. The van der Waals surface area contributed by atoms with Crippen LogP contribution < -0.4 is 15.2 Å². The SMILES string of the molecule is C1=CC2=NN3c4ccccc4N(c4ccccc4)C3C3NC3N2C=C1. The van der Waals surface area contributed by atoms with Crippen LogP contribution in [0.3, 0.4) is 0 Å². The van der Waals surface area contributed by atoms with Crippen LogP contribution in [0.4, 0.5) is 17.1 Å². The van der Waals surface area contributed by atoms with Gasteiger partial charge < -0.3 is 9.80 Å². The maximum absolute atomic E-state index is 5.01. The van der Waals surface area contributed by atoms with Crippen molar-refractivity contribution in [1.82, 2.24) is 10.2 Å². The molecule has 0 saturated carbocycles. The van der Waals surface area contributed by atoms with Gasteiger partial charge in [-0.15, -0.1) is 0 Å². The second-order valence-electron chi connectivity index (χ2n) is 6.66. The van der Waals surface area contributed by atoms with Crippen molar-refractivity contribution in [3.8, 4) is 0 Å². The Morgan fingerprint density at radius 2 is 1.68 bits per heavy atom. The van der Waals surface area contributed by atoms with Crippen molar-refractivity contribution in [1.29, 1.82) is 0 Å². The lowest BCUT2D eigenvalue weighted by Gasteiger charge is -2.29. The largest absolute Gasteiger partial charge is 0.315 e. The van der Waals surface area contributed by atoms with E-state index in [1.807, 2.05) is 6.08 Å². The van der Waals surface area contributed by atoms with Crippen LogP contribution in [0.2, 0.25) is 0 Å². The standard InChI is InChI=1S/C20H17N5/c1-2-8-14(9-3-1)24-15-10-4-5-11-16(15)25-20(24)18-19(21-18)23-13-7-6-12-17(23)22-25/h1-13,18-21H. The summed E-state index contributed by atoms with van der Waals surface area (Å²) in [6.45, 7) is 0. The highest BCUT2D eigenvalue weighted by molar-refractivity contribution is 5.98. The molecule has 1 N–H and O–H groups in total. The first kappa shape index (κ1) is 13.3. The summed E-state index contributed by atoms with van der Waals surface area (Å²) < 4.78 is 0. The quantitative estimate of drug-likeness (QED) is 0.818. The zero-order chi connectivity index (χ0) is 16.4. The van der Waals surface area contributed by atoms with Crippen molar-refractivity contribution in [3.05, 3.63) is 79.0 Å². The topological polar surface area (TPSA) is 44.0 Å². The van der Waals surface area contributed by atoms with E-state index in [0.29, 0.717) is 6.04 Å². The predicted molar refractivity (Wildman–Crippen MR) is 99.6 cm³/mol. The van der Waals surface area contributed by atoms with E-state index in [1.54, 1.807) is 0 Å². The number of amidine groups is 1. The van der Waals surface area contributed by atoms with Crippen LogP contribution in [-0.4, -0.2) is 29.1 Å². The molecule has 5 nitrogen and oxygen atoms in total. The van der Waals surface area contributed by atoms with Crippen LogP contribution in [0.25, 0.3) is 0 Å². The summed E-state index contributed by atoms with van der Waals surface area (Å²) in [5.74, 6) is 0.981. The summed E-state index contributed by atoms with van der Waals surface area (Å²) in [7, 11) is 0. The summed E-state index contributed by atoms with van der Waals surface area (Å²) in [6, 6.07) is 19.4. The van der Waals surface area contributed by atoms with Gasteiger partial charge in [-0.3, -0.25) is 5.32 Å². The number of hydrogen-bond donors (Lipinski definition) is 1. The monoisotopic (exact) mass is 327 g/mol. The van der Waals surface area contributed by atoms with E-state index in [2.05, 4.69) is 93.1 Å². The molecule has 4 aliphatic heterocycles. The average molecular weight is 327 g/mol. The minimum absolute atomic E-state index is 0.129. The molecule has 0 radical (unpaired) electrons. The molecule has 0 spiro atoms. The number of nitrogens with one attached hydrogen (secondary N) is 1. The Labute approximate surface area is 146 Å². The molecule has 1 fully saturated rings. The van der Waals surface area contributed by atoms with Gasteiger partial charge in [0.2, 0.25) is 0 Å². The van der Waals surface area contributed by atoms with Gasteiger partial charge in [-0.1, -0.05) is 36.4 Å². The Kier molecular flexibility index (Phi) is 2.51. The highest BCUT2D eigenvalue weighted by atomic mass is 15.7. The fourth-order valence-electron chi connectivity index (χ4n) is 4.08. The third-order valence-corrected chi connectivity index (χ3v) is 5.23. The van der Waals surface area contributed by atoms with Crippen LogP contribution in [-0.2, 0) is 0 Å². The molecule has 2 aromatic carbocycles. The summed E-state index contributed by atoms with van der Waals surface area (Å²) in [6.07, 6.45) is 8.71. The van der Waals surface area contributed by atoms with Crippen molar-refractivity contribution in [2.45, 2.75) is 18.4 Å². The summed E-state index contributed by atoms with van der Waals surface area (Å²) in [4.78, 5) is 4.64. The number of benzene rings is 2. The highest BCUT2D eigenvalue weighted by Gasteiger charge is 2.56. The van der Waals surface area contributed by atoms with Gasteiger partial charge in [0.1, 0.15) is 12.3 Å². The molecule has 6 rings (SSSR count). The van der Waals surface area contributed by atoms with E-state index in [1.165, 1.54) is 11.4 Å². The van der Waals surface area contributed by atoms with E-state index in [4.69, 9.17) is 5.10 Å². The third kappa shape index (κ3) is 1.78. The molecule has 0 bridgehead atoms. The van der Waals surface area contributed by atoms with E-state index in [-0.39, 0.29) is 12.3 Å². The Morgan fingerprint density at radius 1 is 0.880 bits per heavy atom. The molecule has 0 aliphatic carbocycles. The molecule has 5 heteroatoms. The molecule has 0 aromatic heterocycles. The van der Waals surface area contributed by atoms with Gasteiger partial charge in [0, 0.05) is 11.9 Å². The van der Waals surface area contributed by atoms with Crippen molar-refractivity contribution in [3.63, 3.8) is 0 Å². The number of nitrogens with zero attached hydrogens (tertiary/aromatic N) is 4. The smallest absolute Gasteiger partial charge is 0.154 e. The molecule has 0 amide bonds. The van der Waals surface area contributed by atoms with Crippen LogP contribution in [0.1, 0.15) is 0 Å². The summed E-state index contributed by atoms with van der Waals surface area (Å²) >= 11 is 0. The molecule has 3 unspecified atom stereocenters. The van der Waals surface area contributed by atoms with E-state index in [9.17, 15) is 0 Å². The number of hydrazone groups is 1. The van der Waals surface area contributed by atoms with Crippen molar-refractivity contribution in [2.75, 3.05) is 9.91 Å². The van der Waals surface area contributed by atoms with Gasteiger partial charge in [-0.05, 0) is 36.4 Å². The number of para-hydroxylation sites is 3. The fraction of sp³-hybridized carbons (Fsp3) is 0.150. The lowest BCUT2D eigenvalue weighted by atomic mass is 10.2. The number of rotatable bonds is 1. The first-order chi connectivity index (χ1) is 12.4. The first-order valence-corrected chi connectivity index (χ1v) is 8.62. The van der Waals surface area contributed by atoms with Gasteiger partial charge in [0.15, 0.2) is 5.84 Å². The molecule has 3 atom stereocenters. The van der Waals surface area contributed by atoms with Crippen LogP contribution >= 0.6 is 0 Å². The van der Waals surface area contributed by atoms with E-state index >= 15 is 0 Å². The highest BCUT2D eigenvalue weighted by Crippen LogP contribution is 2.48. The third-order valence-electron chi connectivity index (χ3n) is 5.23. The minimum Gasteiger partial charge on any atom is -0.315 e.